The number of pyridine rings is 1. The van der Waals surface area contributed by atoms with E-state index < -0.39 is 0 Å². The van der Waals surface area contributed by atoms with Crippen LogP contribution in [0.3, 0.4) is 0 Å². The van der Waals surface area contributed by atoms with E-state index in [1.165, 1.54) is 4.68 Å². The molecule has 0 amide bonds. The van der Waals surface area contributed by atoms with Crippen LogP contribution in [0.4, 0.5) is 11.5 Å². The lowest BCUT2D eigenvalue weighted by molar-refractivity contribution is 0.523. The lowest BCUT2D eigenvalue weighted by atomic mass is 10.0. The van der Waals surface area contributed by atoms with Crippen molar-refractivity contribution in [1.82, 2.24) is 14.8 Å². The predicted molar refractivity (Wildman–Crippen MR) is 95.0 cm³/mol. The van der Waals surface area contributed by atoms with Gasteiger partial charge in [0.15, 0.2) is 0 Å². The van der Waals surface area contributed by atoms with Gasteiger partial charge in [-0.1, -0.05) is 6.07 Å². The minimum atomic E-state index is -0.105. The van der Waals surface area contributed by atoms with E-state index in [0.717, 1.165) is 43.1 Å². The fourth-order valence-corrected chi connectivity index (χ4v) is 3.43. The zero-order chi connectivity index (χ0) is 16.4. The number of halogens is 1. The maximum absolute atomic E-state index is 12.0. The molecule has 23 heavy (non-hydrogen) atoms. The number of nitrogens with one attached hydrogen (secondary N) is 1. The first kappa shape index (κ1) is 16.0. The first-order chi connectivity index (χ1) is 11.0. The van der Waals surface area contributed by atoms with Gasteiger partial charge in [-0.3, -0.25) is 4.79 Å². The quantitative estimate of drug-likeness (QED) is 0.888. The van der Waals surface area contributed by atoms with Gasteiger partial charge in [0.2, 0.25) is 0 Å². The van der Waals surface area contributed by atoms with Crippen LogP contribution in [-0.2, 0) is 7.05 Å². The molecule has 0 unspecified atom stereocenters. The largest absolute Gasteiger partial charge is 0.369 e. The highest BCUT2D eigenvalue weighted by atomic mass is 79.9. The van der Waals surface area contributed by atoms with Gasteiger partial charge in [-0.25, -0.2) is 9.67 Å². The summed E-state index contributed by atoms with van der Waals surface area (Å²) in [6.45, 7) is 3.77. The molecule has 0 atom stereocenters. The number of piperidine rings is 1. The molecule has 2 aromatic heterocycles. The number of aromatic nitrogens is 3. The van der Waals surface area contributed by atoms with Crippen molar-refractivity contribution in [3.8, 4) is 0 Å². The molecule has 7 heteroatoms. The number of aryl methyl sites for hydroxylation is 2. The first-order valence-electron chi connectivity index (χ1n) is 7.71. The van der Waals surface area contributed by atoms with Crippen molar-refractivity contribution in [1.29, 1.82) is 0 Å². The number of hydrogen-bond acceptors (Lipinski definition) is 5. The van der Waals surface area contributed by atoms with Crippen molar-refractivity contribution >= 4 is 27.4 Å². The molecule has 1 aliphatic heterocycles. The van der Waals surface area contributed by atoms with E-state index in [4.69, 9.17) is 0 Å². The second-order valence-corrected chi connectivity index (χ2v) is 6.64. The molecule has 2 aromatic rings. The number of hydrogen-bond donors (Lipinski definition) is 1. The molecule has 1 fully saturated rings. The van der Waals surface area contributed by atoms with Crippen LogP contribution in [0.15, 0.2) is 33.7 Å². The van der Waals surface area contributed by atoms with Gasteiger partial charge < -0.3 is 10.2 Å². The molecule has 1 N–H and O–H groups in total. The standard InChI is InChI=1S/C16H20BrN5O/c1-11-4-3-5-14(19-11)20-12-6-8-22(9-7-12)13-10-18-21(2)16(23)15(13)17/h3-5,10,12H,6-9H2,1-2H3,(H,19,20). The molecule has 0 aromatic carbocycles. The molecule has 1 saturated heterocycles. The highest BCUT2D eigenvalue weighted by Gasteiger charge is 2.22. The Balaban J connectivity index is 1.65. The van der Waals surface area contributed by atoms with Crippen LogP contribution in [0.2, 0.25) is 0 Å². The number of anilines is 2. The van der Waals surface area contributed by atoms with Crippen molar-refractivity contribution in [3.63, 3.8) is 0 Å². The van der Waals surface area contributed by atoms with Crippen molar-refractivity contribution in [2.24, 2.45) is 7.05 Å². The van der Waals surface area contributed by atoms with Crippen LogP contribution in [0.25, 0.3) is 0 Å². The van der Waals surface area contributed by atoms with Gasteiger partial charge in [0.05, 0.1) is 11.9 Å². The summed E-state index contributed by atoms with van der Waals surface area (Å²) >= 11 is 3.40. The average molecular weight is 378 g/mol. The summed E-state index contributed by atoms with van der Waals surface area (Å²) in [6.07, 6.45) is 3.75. The van der Waals surface area contributed by atoms with E-state index in [0.29, 0.717) is 10.5 Å². The summed E-state index contributed by atoms with van der Waals surface area (Å²) in [5.74, 6) is 0.930. The van der Waals surface area contributed by atoms with Crippen LogP contribution in [0.1, 0.15) is 18.5 Å². The second-order valence-electron chi connectivity index (χ2n) is 5.84. The lowest BCUT2D eigenvalue weighted by Crippen LogP contribution is -2.40. The summed E-state index contributed by atoms with van der Waals surface area (Å²) in [6, 6.07) is 6.41. The Morgan fingerprint density at radius 1 is 1.30 bits per heavy atom. The summed E-state index contributed by atoms with van der Waals surface area (Å²) in [5.41, 5.74) is 1.79. The smallest absolute Gasteiger partial charge is 0.282 e. The average Bonchev–Trinajstić information content (AvgIpc) is 2.54. The molecule has 0 spiro atoms. The highest BCUT2D eigenvalue weighted by Crippen LogP contribution is 2.25. The maximum Gasteiger partial charge on any atom is 0.282 e. The highest BCUT2D eigenvalue weighted by molar-refractivity contribution is 9.10. The molecule has 0 saturated carbocycles. The topological polar surface area (TPSA) is 63.1 Å². The normalized spacial score (nSPS) is 15.7. The SMILES string of the molecule is Cc1cccc(NC2CCN(c3cnn(C)c(=O)c3Br)CC2)n1. The Morgan fingerprint density at radius 3 is 2.74 bits per heavy atom. The third-order valence-electron chi connectivity index (χ3n) is 4.14. The number of rotatable bonds is 3. The second kappa shape index (κ2) is 6.70. The predicted octanol–water partition coefficient (Wildman–Crippen LogP) is 2.33. The summed E-state index contributed by atoms with van der Waals surface area (Å²) in [7, 11) is 1.65. The van der Waals surface area contributed by atoms with Gasteiger partial charge in [-0.15, -0.1) is 0 Å². The Morgan fingerprint density at radius 2 is 2.04 bits per heavy atom. The molecular weight excluding hydrogens is 358 g/mol. The molecule has 6 nitrogen and oxygen atoms in total. The van der Waals surface area contributed by atoms with Gasteiger partial charge in [0, 0.05) is 31.9 Å². The minimum Gasteiger partial charge on any atom is -0.369 e. The molecule has 122 valence electrons. The summed E-state index contributed by atoms with van der Waals surface area (Å²) in [4.78, 5) is 18.7. The zero-order valence-electron chi connectivity index (χ0n) is 13.3. The van der Waals surface area contributed by atoms with Crippen LogP contribution in [0, 0.1) is 6.92 Å². The van der Waals surface area contributed by atoms with E-state index in [2.05, 4.69) is 36.2 Å². The Bertz CT molecular complexity index is 752. The molecular formula is C16H20BrN5O. The van der Waals surface area contributed by atoms with Crippen molar-refractivity contribution < 1.29 is 0 Å². The van der Waals surface area contributed by atoms with Crippen LogP contribution < -0.4 is 15.8 Å². The third-order valence-corrected chi connectivity index (χ3v) is 4.88. The first-order valence-corrected chi connectivity index (χ1v) is 8.51. The van der Waals surface area contributed by atoms with E-state index in [1.807, 2.05) is 25.1 Å². The van der Waals surface area contributed by atoms with E-state index in [-0.39, 0.29) is 5.56 Å². The molecule has 3 heterocycles. The summed E-state index contributed by atoms with van der Waals surface area (Å²) < 4.78 is 1.92. The Labute approximate surface area is 143 Å². The van der Waals surface area contributed by atoms with Gasteiger partial charge in [-0.05, 0) is 47.8 Å². The molecule has 3 rings (SSSR count). The fourth-order valence-electron chi connectivity index (χ4n) is 2.82. The molecule has 1 aliphatic rings. The Hall–Kier alpha value is -1.89. The van der Waals surface area contributed by atoms with E-state index in [9.17, 15) is 4.79 Å². The molecule has 0 radical (unpaired) electrons. The van der Waals surface area contributed by atoms with E-state index >= 15 is 0 Å². The van der Waals surface area contributed by atoms with Gasteiger partial charge >= 0.3 is 0 Å². The van der Waals surface area contributed by atoms with Crippen LogP contribution in [0.5, 0.6) is 0 Å². The van der Waals surface area contributed by atoms with Gasteiger partial charge in [-0.2, -0.15) is 5.10 Å². The maximum atomic E-state index is 12.0. The van der Waals surface area contributed by atoms with Crippen LogP contribution in [-0.4, -0.2) is 33.9 Å². The van der Waals surface area contributed by atoms with Crippen LogP contribution >= 0.6 is 15.9 Å². The van der Waals surface area contributed by atoms with Gasteiger partial charge in [0.25, 0.3) is 5.56 Å². The molecule has 0 aliphatic carbocycles. The van der Waals surface area contributed by atoms with Crippen molar-refractivity contribution in [3.05, 3.63) is 44.9 Å². The number of nitrogens with zero attached hydrogens (tertiary/aromatic N) is 4. The minimum absolute atomic E-state index is 0.105. The summed E-state index contributed by atoms with van der Waals surface area (Å²) in [5, 5.41) is 7.62. The third kappa shape index (κ3) is 3.55. The Kier molecular flexibility index (Phi) is 4.66. The monoisotopic (exact) mass is 377 g/mol. The van der Waals surface area contributed by atoms with Crippen molar-refractivity contribution in [2.45, 2.75) is 25.8 Å². The lowest BCUT2D eigenvalue weighted by Gasteiger charge is -2.34. The van der Waals surface area contributed by atoms with E-state index in [1.54, 1.807) is 13.2 Å². The van der Waals surface area contributed by atoms with Crippen molar-refractivity contribution in [2.75, 3.05) is 23.3 Å². The zero-order valence-corrected chi connectivity index (χ0v) is 14.9. The van der Waals surface area contributed by atoms with Gasteiger partial charge in [0.1, 0.15) is 10.3 Å². The fraction of sp³-hybridized carbons (Fsp3) is 0.438. The molecule has 0 bridgehead atoms.